The second kappa shape index (κ2) is 10.9. The summed E-state index contributed by atoms with van der Waals surface area (Å²) < 4.78 is 0. The van der Waals surface area contributed by atoms with Crippen molar-refractivity contribution in [2.45, 2.75) is 6.92 Å². The second-order valence-corrected chi connectivity index (χ2v) is 3.23. The lowest BCUT2D eigenvalue weighted by atomic mass is 10.5. The molecule has 0 aromatic heterocycles. The van der Waals surface area contributed by atoms with Crippen molar-refractivity contribution in [3.63, 3.8) is 0 Å². The predicted octanol–water partition coefficient (Wildman–Crippen LogP) is -1.42. The number of hydrogen-bond acceptors (Lipinski definition) is 5. The van der Waals surface area contributed by atoms with Crippen LogP contribution >= 0.6 is 0 Å². The third kappa shape index (κ3) is 9.88. The smallest absolute Gasteiger partial charge is 0.0253 e. The summed E-state index contributed by atoms with van der Waals surface area (Å²) in [6.45, 7) is 8.88. The normalized spacial score (nSPS) is 11.1. The first-order valence-electron chi connectivity index (χ1n) is 5.37. The van der Waals surface area contributed by atoms with Gasteiger partial charge in [-0.3, -0.25) is 5.84 Å². The Kier molecular flexibility index (Phi) is 10.7. The first-order valence-corrected chi connectivity index (χ1v) is 5.37. The molecular formula is C9H25N5. The van der Waals surface area contributed by atoms with Crippen molar-refractivity contribution >= 4 is 0 Å². The zero-order valence-electron chi connectivity index (χ0n) is 9.47. The lowest BCUT2D eigenvalue weighted by Crippen LogP contribution is -2.39. The molecule has 0 aromatic rings. The topological polar surface area (TPSA) is 65.3 Å². The van der Waals surface area contributed by atoms with Gasteiger partial charge in [0.2, 0.25) is 0 Å². The molecule has 0 spiro atoms. The summed E-state index contributed by atoms with van der Waals surface area (Å²) in [5, 5.41) is 11.5. The SMILES string of the molecule is CCN(N)CCNCCNCCNC. The van der Waals surface area contributed by atoms with Gasteiger partial charge in [-0.25, -0.2) is 5.01 Å². The fraction of sp³-hybridized carbons (Fsp3) is 1.00. The van der Waals surface area contributed by atoms with Crippen molar-refractivity contribution in [1.82, 2.24) is 21.0 Å². The van der Waals surface area contributed by atoms with Crippen molar-refractivity contribution in [1.29, 1.82) is 0 Å². The molecule has 0 aromatic carbocycles. The van der Waals surface area contributed by atoms with E-state index in [9.17, 15) is 0 Å². The molecule has 0 unspecified atom stereocenters. The zero-order chi connectivity index (χ0) is 10.6. The Hall–Kier alpha value is -0.200. The van der Waals surface area contributed by atoms with E-state index in [-0.39, 0.29) is 0 Å². The molecule has 0 bridgehead atoms. The molecular weight excluding hydrogens is 178 g/mol. The third-order valence-electron chi connectivity index (χ3n) is 2.01. The van der Waals surface area contributed by atoms with E-state index in [4.69, 9.17) is 5.84 Å². The standard InChI is InChI=1S/C9H25N5/c1-3-14(10)9-8-13-7-6-12-5-4-11-2/h11-13H,3-10H2,1-2H3. The van der Waals surface area contributed by atoms with Gasteiger partial charge in [-0.2, -0.15) is 0 Å². The molecule has 86 valence electrons. The van der Waals surface area contributed by atoms with Crippen LogP contribution in [0.2, 0.25) is 0 Å². The van der Waals surface area contributed by atoms with Crippen LogP contribution in [0, 0.1) is 0 Å². The molecule has 0 saturated carbocycles. The van der Waals surface area contributed by atoms with Crippen LogP contribution in [0.15, 0.2) is 0 Å². The van der Waals surface area contributed by atoms with E-state index in [0.717, 1.165) is 45.8 Å². The Morgan fingerprint density at radius 1 is 1.00 bits per heavy atom. The molecule has 0 fully saturated rings. The number of hydrazine groups is 1. The molecule has 14 heavy (non-hydrogen) atoms. The first-order chi connectivity index (χ1) is 6.81. The Morgan fingerprint density at radius 3 is 2.14 bits per heavy atom. The Bertz CT molecular complexity index is 109. The second-order valence-electron chi connectivity index (χ2n) is 3.23. The van der Waals surface area contributed by atoms with Crippen molar-refractivity contribution in [3.05, 3.63) is 0 Å². The molecule has 5 N–H and O–H groups in total. The highest BCUT2D eigenvalue weighted by molar-refractivity contribution is 4.54. The minimum absolute atomic E-state index is 0.905. The molecule has 0 rings (SSSR count). The van der Waals surface area contributed by atoms with E-state index < -0.39 is 0 Å². The van der Waals surface area contributed by atoms with Crippen LogP contribution < -0.4 is 21.8 Å². The molecule has 5 heteroatoms. The third-order valence-corrected chi connectivity index (χ3v) is 2.01. The van der Waals surface area contributed by atoms with Gasteiger partial charge in [-0.1, -0.05) is 6.92 Å². The van der Waals surface area contributed by atoms with Crippen LogP contribution in [0.3, 0.4) is 0 Å². The van der Waals surface area contributed by atoms with E-state index >= 15 is 0 Å². The number of nitrogens with two attached hydrogens (primary N) is 1. The summed E-state index contributed by atoms with van der Waals surface area (Å²) in [6.07, 6.45) is 0. The summed E-state index contributed by atoms with van der Waals surface area (Å²) >= 11 is 0. The quantitative estimate of drug-likeness (QED) is 0.199. The lowest BCUT2D eigenvalue weighted by molar-refractivity contribution is 0.298. The van der Waals surface area contributed by atoms with E-state index in [0.29, 0.717) is 0 Å². The number of likely N-dealkylation sites (N-methyl/N-ethyl adjacent to an activating group) is 2. The van der Waals surface area contributed by atoms with Crippen LogP contribution in [0.4, 0.5) is 0 Å². The summed E-state index contributed by atoms with van der Waals surface area (Å²) in [7, 11) is 1.96. The predicted molar refractivity (Wildman–Crippen MR) is 61.1 cm³/mol. The molecule has 0 atom stereocenters. The van der Waals surface area contributed by atoms with Crippen LogP contribution in [0.5, 0.6) is 0 Å². The Balaban J connectivity index is 2.92. The highest BCUT2D eigenvalue weighted by Gasteiger charge is 1.93. The highest BCUT2D eigenvalue weighted by Crippen LogP contribution is 1.72. The van der Waals surface area contributed by atoms with Crippen molar-refractivity contribution in [2.24, 2.45) is 5.84 Å². The molecule has 0 radical (unpaired) electrons. The molecule has 0 aliphatic carbocycles. The number of rotatable bonds is 10. The number of nitrogens with one attached hydrogen (secondary N) is 3. The molecule has 0 amide bonds. The maximum absolute atomic E-state index is 5.62. The maximum Gasteiger partial charge on any atom is 0.0253 e. The fourth-order valence-corrected chi connectivity index (χ4v) is 1.02. The van der Waals surface area contributed by atoms with Crippen LogP contribution in [-0.4, -0.2) is 57.9 Å². The van der Waals surface area contributed by atoms with Crippen molar-refractivity contribution in [3.8, 4) is 0 Å². The van der Waals surface area contributed by atoms with E-state index in [1.54, 1.807) is 5.01 Å². The van der Waals surface area contributed by atoms with E-state index in [1.165, 1.54) is 0 Å². The minimum atomic E-state index is 0.905. The average Bonchev–Trinajstić information content (AvgIpc) is 2.21. The van der Waals surface area contributed by atoms with Crippen molar-refractivity contribution < 1.29 is 0 Å². The molecule has 0 saturated heterocycles. The number of hydrogen-bond donors (Lipinski definition) is 4. The average molecular weight is 203 g/mol. The molecule has 0 heterocycles. The van der Waals surface area contributed by atoms with Crippen LogP contribution in [-0.2, 0) is 0 Å². The molecule has 5 nitrogen and oxygen atoms in total. The largest absolute Gasteiger partial charge is 0.318 e. The highest BCUT2D eigenvalue weighted by atomic mass is 15.4. The van der Waals surface area contributed by atoms with Crippen molar-refractivity contribution in [2.75, 3.05) is 52.9 Å². The van der Waals surface area contributed by atoms with Gasteiger partial charge in [0, 0.05) is 45.8 Å². The maximum atomic E-state index is 5.62. The van der Waals surface area contributed by atoms with Gasteiger partial charge in [0.05, 0.1) is 0 Å². The van der Waals surface area contributed by atoms with E-state index in [2.05, 4.69) is 22.9 Å². The molecule has 0 aliphatic heterocycles. The Labute approximate surface area is 87.4 Å². The van der Waals surface area contributed by atoms with E-state index in [1.807, 2.05) is 7.05 Å². The Morgan fingerprint density at radius 2 is 1.57 bits per heavy atom. The zero-order valence-corrected chi connectivity index (χ0v) is 9.47. The summed E-state index contributed by atoms with van der Waals surface area (Å²) in [4.78, 5) is 0. The van der Waals surface area contributed by atoms with Gasteiger partial charge in [0.25, 0.3) is 0 Å². The minimum Gasteiger partial charge on any atom is -0.318 e. The lowest BCUT2D eigenvalue weighted by Gasteiger charge is -2.13. The summed E-state index contributed by atoms with van der Waals surface area (Å²) in [5.41, 5.74) is 0. The van der Waals surface area contributed by atoms with Crippen LogP contribution in [0.25, 0.3) is 0 Å². The van der Waals surface area contributed by atoms with Gasteiger partial charge in [-0.05, 0) is 7.05 Å². The summed E-state index contributed by atoms with van der Waals surface area (Å²) in [5.74, 6) is 5.62. The van der Waals surface area contributed by atoms with Crippen LogP contribution in [0.1, 0.15) is 6.92 Å². The van der Waals surface area contributed by atoms with Gasteiger partial charge < -0.3 is 16.0 Å². The first kappa shape index (κ1) is 13.8. The monoisotopic (exact) mass is 203 g/mol. The van der Waals surface area contributed by atoms with Gasteiger partial charge in [0.1, 0.15) is 0 Å². The molecule has 0 aliphatic rings. The van der Waals surface area contributed by atoms with Gasteiger partial charge in [0.15, 0.2) is 0 Å². The fourth-order valence-electron chi connectivity index (χ4n) is 1.02. The van der Waals surface area contributed by atoms with Gasteiger partial charge in [-0.15, -0.1) is 0 Å². The summed E-state index contributed by atoms with van der Waals surface area (Å²) in [6, 6.07) is 0. The van der Waals surface area contributed by atoms with Gasteiger partial charge >= 0.3 is 0 Å². The number of nitrogens with zero attached hydrogens (tertiary/aromatic N) is 1.